The fourth-order valence-electron chi connectivity index (χ4n) is 3.34. The summed E-state index contributed by atoms with van der Waals surface area (Å²) in [6, 6.07) is 12.0. The second-order valence-corrected chi connectivity index (χ2v) is 9.14. The maximum Gasteiger partial charge on any atom is 0.256 e. The molecule has 4 rings (SSSR count). The van der Waals surface area contributed by atoms with E-state index in [1.54, 1.807) is 36.4 Å². The Balaban J connectivity index is 1.89. The molecule has 0 unspecified atom stereocenters. The first-order chi connectivity index (χ1) is 14.7. The topological polar surface area (TPSA) is 106 Å². The Bertz CT molecular complexity index is 1420. The molecule has 0 amide bonds. The van der Waals surface area contributed by atoms with Gasteiger partial charge in [0.25, 0.3) is 6.43 Å². The van der Waals surface area contributed by atoms with Crippen LogP contribution in [0.2, 0.25) is 0 Å². The van der Waals surface area contributed by atoms with Gasteiger partial charge in [0, 0.05) is 11.8 Å². The molecule has 1 aromatic carbocycles. The first kappa shape index (κ1) is 20.6. The van der Waals surface area contributed by atoms with Crippen molar-refractivity contribution in [2.24, 2.45) is 0 Å². The second-order valence-electron chi connectivity index (χ2n) is 7.00. The number of aromatic nitrogens is 5. The van der Waals surface area contributed by atoms with Gasteiger partial charge in [0.2, 0.25) is 0 Å². The van der Waals surface area contributed by atoms with Crippen LogP contribution in [-0.4, -0.2) is 45.2 Å². The number of nitrogens with zero attached hydrogens (tertiary/aromatic N) is 6. The van der Waals surface area contributed by atoms with E-state index in [1.165, 1.54) is 21.6 Å². The van der Waals surface area contributed by atoms with Crippen LogP contribution in [0, 0.1) is 11.3 Å². The van der Waals surface area contributed by atoms with E-state index in [9.17, 15) is 22.5 Å². The summed E-state index contributed by atoms with van der Waals surface area (Å²) in [7, 11) is -3.25. The van der Waals surface area contributed by atoms with Crippen molar-refractivity contribution >= 4 is 15.5 Å². The molecule has 11 heteroatoms. The summed E-state index contributed by atoms with van der Waals surface area (Å²) in [6.07, 6.45) is 1.19. The fraction of sp³-hybridized carbons (Fsp3) is 0.200. The van der Waals surface area contributed by atoms with Crippen LogP contribution in [0.5, 0.6) is 0 Å². The smallest absolute Gasteiger partial charge is 0.256 e. The Kier molecular flexibility index (Phi) is 5.24. The molecule has 0 radical (unpaired) electrons. The lowest BCUT2D eigenvalue weighted by Crippen LogP contribution is -2.08. The zero-order valence-corrected chi connectivity index (χ0v) is 17.1. The number of nitriles is 1. The molecule has 158 valence electrons. The van der Waals surface area contributed by atoms with E-state index < -0.39 is 22.8 Å². The number of fused-ring (bicyclic) bond motifs is 1. The highest BCUT2D eigenvalue weighted by Crippen LogP contribution is 2.31. The lowest BCUT2D eigenvalue weighted by molar-refractivity contribution is 0.127. The summed E-state index contributed by atoms with van der Waals surface area (Å²) < 4.78 is 52.4. The molecule has 0 N–H and O–H groups in total. The van der Waals surface area contributed by atoms with Crippen molar-refractivity contribution in [1.82, 2.24) is 24.1 Å². The van der Waals surface area contributed by atoms with Crippen molar-refractivity contribution in [3.05, 3.63) is 60.2 Å². The number of benzene rings is 1. The standard InChI is InChI=1S/C20H16F2N6O2S/c1-31(29,30)11-13-3-2-4-14(7-13)19-20(27(12-25-19)10-17(21)22)16-5-6-18-24-9-15(8-23)28(18)26-16/h2-7,9,12,17H,10-11H2,1H3. The van der Waals surface area contributed by atoms with Crippen LogP contribution in [-0.2, 0) is 22.1 Å². The van der Waals surface area contributed by atoms with Gasteiger partial charge in [-0.25, -0.2) is 31.7 Å². The summed E-state index contributed by atoms with van der Waals surface area (Å²) in [4.78, 5) is 8.40. The molecule has 4 aromatic rings. The van der Waals surface area contributed by atoms with Crippen molar-refractivity contribution in [3.63, 3.8) is 0 Å². The normalized spacial score (nSPS) is 11.8. The predicted molar refractivity (Wildman–Crippen MR) is 109 cm³/mol. The van der Waals surface area contributed by atoms with Crippen LogP contribution in [0.15, 0.2) is 48.9 Å². The van der Waals surface area contributed by atoms with E-state index in [2.05, 4.69) is 15.1 Å². The van der Waals surface area contributed by atoms with Crippen LogP contribution < -0.4 is 0 Å². The molecule has 31 heavy (non-hydrogen) atoms. The van der Waals surface area contributed by atoms with E-state index in [1.807, 2.05) is 6.07 Å². The van der Waals surface area contributed by atoms with Gasteiger partial charge in [0.15, 0.2) is 21.2 Å². The van der Waals surface area contributed by atoms with Gasteiger partial charge in [-0.15, -0.1) is 0 Å². The average Bonchev–Trinajstić information content (AvgIpc) is 3.29. The molecule has 0 saturated carbocycles. The van der Waals surface area contributed by atoms with E-state index >= 15 is 0 Å². The van der Waals surface area contributed by atoms with Crippen molar-refractivity contribution in [1.29, 1.82) is 5.26 Å². The maximum atomic E-state index is 13.2. The summed E-state index contributed by atoms with van der Waals surface area (Å²) >= 11 is 0. The molecule has 8 nitrogen and oxygen atoms in total. The summed E-state index contributed by atoms with van der Waals surface area (Å²) in [5, 5.41) is 13.7. The Morgan fingerprint density at radius 3 is 2.71 bits per heavy atom. The number of imidazole rings is 2. The highest BCUT2D eigenvalue weighted by atomic mass is 32.2. The number of halogens is 2. The molecular weight excluding hydrogens is 426 g/mol. The lowest BCUT2D eigenvalue weighted by Gasteiger charge is -2.11. The van der Waals surface area contributed by atoms with E-state index in [0.717, 1.165) is 6.26 Å². The van der Waals surface area contributed by atoms with Gasteiger partial charge >= 0.3 is 0 Å². The highest BCUT2D eigenvalue weighted by Gasteiger charge is 2.20. The predicted octanol–water partition coefficient (Wildman–Crippen LogP) is 2.94. The highest BCUT2D eigenvalue weighted by molar-refractivity contribution is 7.89. The first-order valence-electron chi connectivity index (χ1n) is 9.11. The van der Waals surface area contributed by atoms with Crippen LogP contribution >= 0.6 is 0 Å². The number of hydrogen-bond donors (Lipinski definition) is 0. The molecular formula is C20H16F2N6O2S. The van der Waals surface area contributed by atoms with E-state index in [-0.39, 0.29) is 11.4 Å². The van der Waals surface area contributed by atoms with Gasteiger partial charge in [0.1, 0.15) is 11.8 Å². The largest absolute Gasteiger partial charge is 0.323 e. The second kappa shape index (κ2) is 7.88. The molecule has 0 spiro atoms. The zero-order chi connectivity index (χ0) is 22.2. The van der Waals surface area contributed by atoms with Gasteiger partial charge in [-0.05, 0) is 23.8 Å². The minimum Gasteiger partial charge on any atom is -0.323 e. The maximum absolute atomic E-state index is 13.2. The third-order valence-corrected chi connectivity index (χ3v) is 5.38. The van der Waals surface area contributed by atoms with Crippen LogP contribution in [0.1, 0.15) is 11.3 Å². The molecule has 3 aromatic heterocycles. The van der Waals surface area contributed by atoms with Crippen LogP contribution in [0.4, 0.5) is 8.78 Å². The molecule has 0 aliphatic heterocycles. The minimum absolute atomic E-state index is 0.154. The zero-order valence-electron chi connectivity index (χ0n) is 16.3. The molecule has 0 aliphatic carbocycles. The monoisotopic (exact) mass is 442 g/mol. The summed E-state index contributed by atoms with van der Waals surface area (Å²) in [6.45, 7) is -0.597. The van der Waals surface area contributed by atoms with Crippen LogP contribution in [0.25, 0.3) is 28.3 Å². The quantitative estimate of drug-likeness (QED) is 0.455. The van der Waals surface area contributed by atoms with E-state index in [0.29, 0.717) is 33.9 Å². The molecule has 0 atom stereocenters. The Morgan fingerprint density at radius 1 is 1.19 bits per heavy atom. The van der Waals surface area contributed by atoms with Gasteiger partial charge in [-0.3, -0.25) is 0 Å². The third-order valence-electron chi connectivity index (χ3n) is 4.52. The minimum atomic E-state index is -3.25. The number of alkyl halides is 2. The molecule has 0 aliphatic rings. The molecule has 0 fully saturated rings. The Labute approximate surface area is 176 Å². The molecule has 0 saturated heterocycles. The first-order valence-corrected chi connectivity index (χ1v) is 11.2. The van der Waals surface area contributed by atoms with Gasteiger partial charge in [-0.2, -0.15) is 10.4 Å². The molecule has 3 heterocycles. The fourth-order valence-corrected chi connectivity index (χ4v) is 4.12. The van der Waals surface area contributed by atoms with Crippen LogP contribution in [0.3, 0.4) is 0 Å². The Hall–Kier alpha value is -3.65. The van der Waals surface area contributed by atoms with Crippen molar-refractivity contribution in [2.45, 2.75) is 18.7 Å². The van der Waals surface area contributed by atoms with Crippen molar-refractivity contribution < 1.29 is 17.2 Å². The Morgan fingerprint density at radius 2 is 2.00 bits per heavy atom. The number of sulfone groups is 1. The van der Waals surface area contributed by atoms with Crippen molar-refractivity contribution in [2.75, 3.05) is 6.26 Å². The van der Waals surface area contributed by atoms with Gasteiger partial charge < -0.3 is 4.57 Å². The number of rotatable bonds is 6. The third kappa shape index (κ3) is 4.29. The van der Waals surface area contributed by atoms with E-state index in [4.69, 9.17) is 0 Å². The SMILES string of the molecule is CS(=O)(=O)Cc1cccc(-c2ncn(CC(F)F)c2-c2ccc3ncc(C#N)n3n2)c1. The number of hydrogen-bond acceptors (Lipinski definition) is 6. The lowest BCUT2D eigenvalue weighted by atomic mass is 10.1. The summed E-state index contributed by atoms with van der Waals surface area (Å²) in [5.74, 6) is -0.154. The molecule has 0 bridgehead atoms. The van der Waals surface area contributed by atoms with Gasteiger partial charge in [0.05, 0.1) is 36.2 Å². The summed E-state index contributed by atoms with van der Waals surface area (Å²) in [5.41, 5.74) is 2.79. The average molecular weight is 442 g/mol. The van der Waals surface area contributed by atoms with Crippen molar-refractivity contribution in [3.8, 4) is 28.7 Å². The van der Waals surface area contributed by atoms with Gasteiger partial charge in [-0.1, -0.05) is 18.2 Å².